The summed E-state index contributed by atoms with van der Waals surface area (Å²) in [5.74, 6) is -0.275. The van der Waals surface area contributed by atoms with E-state index in [-0.39, 0.29) is 11.6 Å². The molecule has 1 saturated heterocycles. The second kappa shape index (κ2) is 4.53. The normalized spacial score (nSPS) is 19.7. The molecule has 2 rings (SSSR count). The van der Waals surface area contributed by atoms with Gasteiger partial charge in [0.05, 0.1) is 12.7 Å². The first-order chi connectivity index (χ1) is 7.72. The van der Waals surface area contributed by atoms with Gasteiger partial charge in [-0.25, -0.2) is 4.79 Å². The number of benzene rings is 1. The number of hydrogen-bond donors (Lipinski definition) is 2. The van der Waals surface area contributed by atoms with Crippen molar-refractivity contribution in [2.24, 2.45) is 0 Å². The molecule has 4 heteroatoms. The molecule has 0 amide bonds. The zero-order valence-electron chi connectivity index (χ0n) is 9.19. The summed E-state index contributed by atoms with van der Waals surface area (Å²) < 4.78 is 5.25. The van der Waals surface area contributed by atoms with Crippen molar-refractivity contribution in [3.63, 3.8) is 0 Å². The number of rotatable bonds is 3. The standard InChI is InChI=1S/C12H15NO3/c1-16-11-7-8(12(14)15)4-5-9(11)10-3-2-6-13-10/h4-5,7,10,13H,2-3,6H2,1H3,(H,14,15)/t10-/m1/s1. The molecule has 16 heavy (non-hydrogen) atoms. The Morgan fingerprint density at radius 1 is 1.56 bits per heavy atom. The maximum absolute atomic E-state index is 10.8. The van der Waals surface area contributed by atoms with E-state index in [2.05, 4.69) is 5.32 Å². The number of hydrogen-bond acceptors (Lipinski definition) is 3. The van der Waals surface area contributed by atoms with Crippen LogP contribution in [0.3, 0.4) is 0 Å². The minimum atomic E-state index is -0.927. The van der Waals surface area contributed by atoms with Crippen LogP contribution < -0.4 is 10.1 Å². The highest BCUT2D eigenvalue weighted by Gasteiger charge is 2.20. The van der Waals surface area contributed by atoms with Crippen molar-refractivity contribution in [1.29, 1.82) is 0 Å². The fourth-order valence-electron chi connectivity index (χ4n) is 2.08. The first-order valence-electron chi connectivity index (χ1n) is 5.37. The quantitative estimate of drug-likeness (QED) is 0.817. The molecule has 0 bridgehead atoms. The summed E-state index contributed by atoms with van der Waals surface area (Å²) >= 11 is 0. The molecule has 1 aromatic rings. The molecule has 1 aliphatic heterocycles. The molecule has 2 N–H and O–H groups in total. The van der Waals surface area contributed by atoms with Gasteiger partial charge in [0.1, 0.15) is 5.75 Å². The van der Waals surface area contributed by atoms with Crippen LogP contribution in [0, 0.1) is 0 Å². The van der Waals surface area contributed by atoms with Crippen LogP contribution in [0.2, 0.25) is 0 Å². The second-order valence-electron chi connectivity index (χ2n) is 3.91. The number of aromatic carboxylic acids is 1. The van der Waals surface area contributed by atoms with E-state index in [4.69, 9.17) is 9.84 Å². The monoisotopic (exact) mass is 221 g/mol. The minimum Gasteiger partial charge on any atom is -0.496 e. The van der Waals surface area contributed by atoms with Gasteiger partial charge >= 0.3 is 5.97 Å². The van der Waals surface area contributed by atoms with Crippen LogP contribution in [0.1, 0.15) is 34.8 Å². The Balaban J connectivity index is 2.34. The van der Waals surface area contributed by atoms with E-state index >= 15 is 0 Å². The van der Waals surface area contributed by atoms with E-state index in [1.54, 1.807) is 19.2 Å². The Morgan fingerprint density at radius 2 is 2.38 bits per heavy atom. The van der Waals surface area contributed by atoms with E-state index in [1.807, 2.05) is 6.07 Å². The maximum Gasteiger partial charge on any atom is 0.335 e. The van der Waals surface area contributed by atoms with Crippen molar-refractivity contribution in [2.45, 2.75) is 18.9 Å². The summed E-state index contributed by atoms with van der Waals surface area (Å²) in [7, 11) is 1.57. The lowest BCUT2D eigenvalue weighted by Gasteiger charge is -2.15. The number of carboxylic acid groups (broad SMARTS) is 1. The van der Waals surface area contributed by atoms with Crippen molar-refractivity contribution in [2.75, 3.05) is 13.7 Å². The first-order valence-corrected chi connectivity index (χ1v) is 5.37. The van der Waals surface area contributed by atoms with Gasteiger partial charge in [0.2, 0.25) is 0 Å². The Bertz CT molecular complexity index is 397. The Morgan fingerprint density at radius 3 is 2.94 bits per heavy atom. The highest BCUT2D eigenvalue weighted by molar-refractivity contribution is 5.88. The summed E-state index contributed by atoms with van der Waals surface area (Å²) in [4.78, 5) is 10.8. The van der Waals surface area contributed by atoms with Crippen LogP contribution in [0.25, 0.3) is 0 Å². The van der Waals surface area contributed by atoms with Crippen LogP contribution >= 0.6 is 0 Å². The van der Waals surface area contributed by atoms with Gasteiger partial charge in [-0.1, -0.05) is 6.07 Å². The van der Waals surface area contributed by atoms with Crippen molar-refractivity contribution in [3.05, 3.63) is 29.3 Å². The van der Waals surface area contributed by atoms with E-state index in [0.29, 0.717) is 5.75 Å². The molecule has 1 heterocycles. The molecular formula is C12H15NO3. The van der Waals surface area contributed by atoms with E-state index < -0.39 is 5.97 Å². The number of ether oxygens (including phenoxy) is 1. The Hall–Kier alpha value is -1.55. The average molecular weight is 221 g/mol. The zero-order valence-corrected chi connectivity index (χ0v) is 9.19. The lowest BCUT2D eigenvalue weighted by atomic mass is 10.0. The molecule has 0 saturated carbocycles. The third kappa shape index (κ3) is 2.02. The fraction of sp³-hybridized carbons (Fsp3) is 0.417. The van der Waals surface area contributed by atoms with E-state index in [9.17, 15) is 4.79 Å². The summed E-state index contributed by atoms with van der Waals surface area (Å²) in [5, 5.41) is 12.3. The van der Waals surface area contributed by atoms with Gasteiger partial charge in [-0.2, -0.15) is 0 Å². The van der Waals surface area contributed by atoms with Crippen LogP contribution in [0.4, 0.5) is 0 Å². The third-order valence-corrected chi connectivity index (χ3v) is 2.92. The van der Waals surface area contributed by atoms with Crippen molar-refractivity contribution in [1.82, 2.24) is 5.32 Å². The smallest absolute Gasteiger partial charge is 0.335 e. The predicted molar refractivity (Wildman–Crippen MR) is 59.9 cm³/mol. The lowest BCUT2D eigenvalue weighted by Crippen LogP contribution is -2.14. The fourth-order valence-corrected chi connectivity index (χ4v) is 2.08. The molecular weight excluding hydrogens is 206 g/mol. The number of methoxy groups -OCH3 is 1. The Labute approximate surface area is 94.2 Å². The summed E-state index contributed by atoms with van der Waals surface area (Å²) in [6.45, 7) is 1.01. The molecule has 0 spiro atoms. The molecule has 1 aromatic carbocycles. The molecule has 1 atom stereocenters. The first kappa shape index (κ1) is 11.0. The number of nitrogens with one attached hydrogen (secondary N) is 1. The van der Waals surface area contributed by atoms with Crippen LogP contribution in [0.15, 0.2) is 18.2 Å². The SMILES string of the molecule is COc1cc(C(=O)O)ccc1[C@H]1CCCN1. The average Bonchev–Trinajstić information content (AvgIpc) is 2.81. The minimum absolute atomic E-state index is 0.263. The van der Waals surface area contributed by atoms with Gasteiger partial charge < -0.3 is 15.2 Å². The van der Waals surface area contributed by atoms with Gasteiger partial charge in [0.25, 0.3) is 0 Å². The van der Waals surface area contributed by atoms with Gasteiger partial charge in [-0.3, -0.25) is 0 Å². The molecule has 4 nitrogen and oxygen atoms in total. The largest absolute Gasteiger partial charge is 0.496 e. The van der Waals surface area contributed by atoms with Gasteiger partial charge in [-0.15, -0.1) is 0 Å². The summed E-state index contributed by atoms with van der Waals surface area (Å²) in [6, 6.07) is 5.33. The second-order valence-corrected chi connectivity index (χ2v) is 3.91. The van der Waals surface area contributed by atoms with Crippen molar-refractivity contribution < 1.29 is 14.6 Å². The molecule has 0 aliphatic carbocycles. The van der Waals surface area contributed by atoms with Crippen molar-refractivity contribution >= 4 is 5.97 Å². The van der Waals surface area contributed by atoms with Crippen LogP contribution in [-0.2, 0) is 0 Å². The zero-order chi connectivity index (χ0) is 11.5. The van der Waals surface area contributed by atoms with Crippen molar-refractivity contribution in [3.8, 4) is 5.75 Å². The van der Waals surface area contributed by atoms with Crippen LogP contribution in [-0.4, -0.2) is 24.7 Å². The van der Waals surface area contributed by atoms with Crippen LogP contribution in [0.5, 0.6) is 5.75 Å². The predicted octanol–water partition coefficient (Wildman–Crippen LogP) is 1.82. The Kier molecular flexibility index (Phi) is 3.10. The third-order valence-electron chi connectivity index (χ3n) is 2.92. The van der Waals surface area contributed by atoms with Gasteiger partial charge in [0.15, 0.2) is 0 Å². The number of carbonyl (C=O) groups is 1. The topological polar surface area (TPSA) is 58.6 Å². The molecule has 0 radical (unpaired) electrons. The van der Waals surface area contributed by atoms with Gasteiger partial charge in [-0.05, 0) is 31.5 Å². The molecule has 0 unspecified atom stereocenters. The maximum atomic E-state index is 10.8. The molecule has 86 valence electrons. The van der Waals surface area contributed by atoms with E-state index in [0.717, 1.165) is 24.9 Å². The lowest BCUT2D eigenvalue weighted by molar-refractivity contribution is 0.0696. The van der Waals surface area contributed by atoms with E-state index in [1.165, 1.54) is 0 Å². The summed E-state index contributed by atoms with van der Waals surface area (Å²) in [5.41, 5.74) is 1.31. The highest BCUT2D eigenvalue weighted by Crippen LogP contribution is 2.31. The molecule has 0 aromatic heterocycles. The molecule has 1 aliphatic rings. The highest BCUT2D eigenvalue weighted by atomic mass is 16.5. The molecule has 1 fully saturated rings. The number of carboxylic acids is 1. The van der Waals surface area contributed by atoms with Gasteiger partial charge in [0, 0.05) is 11.6 Å². The summed E-state index contributed by atoms with van der Waals surface area (Å²) in [6.07, 6.45) is 2.22.